The summed E-state index contributed by atoms with van der Waals surface area (Å²) >= 11 is 0. The van der Waals surface area contributed by atoms with Crippen molar-refractivity contribution >= 4 is 30.0 Å². The van der Waals surface area contributed by atoms with E-state index < -0.39 is 378 Å². The Morgan fingerprint density at radius 2 is 1.15 bits per heavy atom. The summed E-state index contributed by atoms with van der Waals surface area (Å²) in [6, 6.07) is -2.50. The molecule has 0 radical (unpaired) electrons. The first-order valence-corrected chi connectivity index (χ1v) is 49.9. The molecule has 47 heteroatoms. The molecule has 19 unspecified atom stereocenters. The average molecular weight is 2050 g/mol. The third kappa shape index (κ3) is 22.5. The van der Waals surface area contributed by atoms with Crippen LogP contribution < -0.4 is 10.6 Å². The molecule has 12 fully saturated rings. The highest BCUT2D eigenvalue weighted by atomic mass is 16.8. The number of carbonyl (C=O) groups is 5. The van der Waals surface area contributed by atoms with Crippen LogP contribution in [0.15, 0.2) is 11.6 Å². The van der Waals surface area contributed by atoms with Crippen molar-refractivity contribution in [2.24, 2.45) is 62.1 Å². The highest BCUT2D eigenvalue weighted by molar-refractivity contribution is 5.80. The van der Waals surface area contributed by atoms with Gasteiger partial charge < -0.3 is 213 Å². The van der Waals surface area contributed by atoms with E-state index in [1.807, 2.05) is 34.6 Å². The molecule has 0 aromatic heterocycles. The predicted octanol–water partition coefficient (Wildman–Crippen LogP) is -6.22. The number of carboxylic acids is 1. The Kier molecular flexibility index (Phi) is 37.6. The molecule has 816 valence electrons. The van der Waals surface area contributed by atoms with E-state index >= 15 is 4.79 Å². The van der Waals surface area contributed by atoms with Gasteiger partial charge in [-0.05, 0) is 122 Å². The Labute approximate surface area is 823 Å². The number of aliphatic hydroxyl groups is 21. The van der Waals surface area contributed by atoms with E-state index in [9.17, 15) is 132 Å². The normalized spacial score (nSPS) is 47.7. The van der Waals surface area contributed by atoms with E-state index in [0.29, 0.717) is 51.4 Å². The van der Waals surface area contributed by atoms with Crippen LogP contribution in [0.2, 0.25) is 0 Å². The minimum absolute atomic E-state index is 0.0221. The van der Waals surface area contributed by atoms with Gasteiger partial charge in [-0.2, -0.15) is 0 Å². The average Bonchev–Trinajstić information content (AvgIpc) is 0.675. The van der Waals surface area contributed by atoms with E-state index in [1.54, 1.807) is 13.8 Å². The van der Waals surface area contributed by atoms with Crippen molar-refractivity contribution in [3.05, 3.63) is 11.6 Å². The Morgan fingerprint density at radius 1 is 0.556 bits per heavy atom. The fraction of sp³-hybridized carbons (Fsp3) is 0.926. The number of amides is 2. The number of carbonyl (C=O) groups excluding carboxylic acids is 4. The summed E-state index contributed by atoms with van der Waals surface area (Å²) < 4.78 is 109. The maximum Gasteiger partial charge on any atom is 0.335 e. The number of nitrogens with one attached hydrogen (secondary N) is 2. The minimum Gasteiger partial charge on any atom is -0.479 e. The molecule has 2 amide bonds. The van der Waals surface area contributed by atoms with Gasteiger partial charge in [-0.25, -0.2) is 4.79 Å². The summed E-state index contributed by atoms with van der Waals surface area (Å²) in [5.41, 5.74) is -7.56. The van der Waals surface area contributed by atoms with Gasteiger partial charge in [0, 0.05) is 26.7 Å². The number of esters is 1. The highest BCUT2D eigenvalue weighted by Gasteiger charge is 2.74. The second-order valence-electron chi connectivity index (χ2n) is 43.7. The lowest BCUT2D eigenvalue weighted by molar-refractivity contribution is -0.392. The number of rotatable bonds is 39. The van der Waals surface area contributed by atoms with Crippen molar-refractivity contribution in [3.63, 3.8) is 0 Å². The number of ether oxygens (including phenoxy) is 18. The lowest BCUT2D eigenvalue weighted by Crippen LogP contribution is -2.70. The van der Waals surface area contributed by atoms with Crippen LogP contribution in [0.3, 0.4) is 0 Å². The molecule has 8 heterocycles. The summed E-state index contributed by atoms with van der Waals surface area (Å²) in [5, 5.41) is 253. The summed E-state index contributed by atoms with van der Waals surface area (Å²) in [5.74, 6) is -6.52. The molecule has 0 bridgehead atoms. The third-order valence-electron chi connectivity index (χ3n) is 34.3. The zero-order valence-corrected chi connectivity index (χ0v) is 82.6. The van der Waals surface area contributed by atoms with Gasteiger partial charge in [-0.3, -0.25) is 14.4 Å². The number of hydrogen-bond donors (Lipinski definition) is 24. The van der Waals surface area contributed by atoms with Crippen molar-refractivity contribution in [3.8, 4) is 0 Å². The summed E-state index contributed by atoms with van der Waals surface area (Å²) in [4.78, 5) is 72.6. The Hall–Kier alpha value is -4.23. The number of aldehydes is 1. The molecule has 0 aromatic carbocycles. The number of fused-ring (bicyclic) bond motifs is 7. The van der Waals surface area contributed by atoms with E-state index in [1.165, 1.54) is 21.1 Å². The number of aliphatic hydroxyl groups excluding tert-OH is 20. The van der Waals surface area contributed by atoms with Crippen molar-refractivity contribution in [2.45, 2.75) is 423 Å². The topological polar surface area (TPSA) is 721 Å². The van der Waals surface area contributed by atoms with E-state index in [4.69, 9.17) is 85.3 Å². The lowest BCUT2D eigenvalue weighted by Gasteiger charge is -2.71. The van der Waals surface area contributed by atoms with Crippen LogP contribution >= 0.6 is 0 Å². The fourth-order valence-electron chi connectivity index (χ4n) is 25.1. The summed E-state index contributed by atoms with van der Waals surface area (Å²) in [6.07, 6.45) is -59.0. The maximum atomic E-state index is 16.4. The molecule has 5 aliphatic carbocycles. The summed E-state index contributed by atoms with van der Waals surface area (Å²) in [6.45, 7) is 15.5. The minimum atomic E-state index is -2.20. The third-order valence-corrected chi connectivity index (χ3v) is 34.3. The smallest absolute Gasteiger partial charge is 0.335 e. The first-order valence-electron chi connectivity index (χ1n) is 49.9. The Balaban J connectivity index is 0.750. The van der Waals surface area contributed by atoms with Crippen LogP contribution in [-0.4, -0.2) is 460 Å². The van der Waals surface area contributed by atoms with Crippen LogP contribution in [0, 0.1) is 62.1 Å². The zero-order valence-electron chi connectivity index (χ0n) is 82.6. The highest BCUT2D eigenvalue weighted by Crippen LogP contribution is 2.76. The number of aliphatic carboxylic acids is 1. The molecule has 4 saturated carbocycles. The van der Waals surface area contributed by atoms with Crippen molar-refractivity contribution in [1.82, 2.24) is 10.6 Å². The van der Waals surface area contributed by atoms with E-state index in [0.717, 1.165) is 11.9 Å². The van der Waals surface area contributed by atoms with Gasteiger partial charge in [-0.1, -0.05) is 93.7 Å². The van der Waals surface area contributed by atoms with Crippen molar-refractivity contribution in [1.29, 1.82) is 0 Å². The van der Waals surface area contributed by atoms with Gasteiger partial charge in [-0.15, -0.1) is 0 Å². The van der Waals surface area contributed by atoms with Gasteiger partial charge >= 0.3 is 11.9 Å². The molecule has 51 atom stereocenters. The number of methoxy groups -OCH3 is 2. The number of allylic oxidation sites excluding steroid dienone is 2. The maximum absolute atomic E-state index is 16.4. The quantitative estimate of drug-likeness (QED) is 0.0118. The van der Waals surface area contributed by atoms with Gasteiger partial charge in [0.1, 0.15) is 164 Å². The molecule has 0 spiro atoms. The first-order chi connectivity index (χ1) is 66.9. The monoisotopic (exact) mass is 2040 g/mol. The zero-order chi connectivity index (χ0) is 104. The van der Waals surface area contributed by atoms with Gasteiger partial charge in [0.05, 0.1) is 114 Å². The van der Waals surface area contributed by atoms with E-state index in [-0.39, 0.29) is 56.5 Å². The van der Waals surface area contributed by atoms with Crippen LogP contribution in [0.4, 0.5) is 0 Å². The van der Waals surface area contributed by atoms with Crippen LogP contribution in [-0.2, 0) is 109 Å². The fourth-order valence-corrected chi connectivity index (χ4v) is 25.1. The van der Waals surface area contributed by atoms with Gasteiger partial charge in [0.2, 0.25) is 18.1 Å². The molecule has 8 saturated heterocycles. The molecule has 142 heavy (non-hydrogen) atoms. The SMILES string of the molecule is CC[C@H](C)[C@H](C[C@H](O)CC(=O)N[C@H]1C(CO)O[C@@H](OC(=O)[C@]23CCC(C)(C)CC2C2=CCC4C5(C)CC[C@H](O[C@@H]6OC(C(=O)O)[C@@H](O)[C@H](O[C@@H]7OC[C@@H](O)[C@H](O)C7O)C6O[C@@H]6OC(COC)[C@H](O)[C@H](O)C6OC)[C@](C)(C=O)[C@@H]5CC[C@]4(C)[C@]2(C)CC3O)C(OC[C@@H]2O[C@H](C)[C@H](O[C@@H]3OC[C@@H](O)C(O[C@@H]4OC[C@@](O)(CO)C4O)C3O)C(O)C2O)C1O)NC(=O)C[C@@H](O)C[C@H](O[C@@H]1O[C@@H](CO)C(O)C1O)[C@@H](C)CC. The molecule has 13 rings (SSSR count). The number of carboxylic acid groups (broad SMARTS) is 1. The Morgan fingerprint density at radius 3 is 1.77 bits per heavy atom. The molecule has 24 N–H and O–H groups in total. The molecular weight excluding hydrogens is 1890 g/mol. The standard InChI is InChI=1S/C95H156N2O45/c1-14-39(3)46(96-58(107)27-43(103)25-49(40(4)15-2)132-83-69(117)62(110)51(31-99)134-83)24-42(102)26-59(108)97-60-50(30-98)133-85(77(65(60)113)127-35-53-64(112)66(114)72(41(5)131-53)137-82-71(119)73(48(105)33-129-82)138-87-79(120)94(124,37-101)38-130-87)142-88(123)95-23-22-89(6,7)28-45(95)44-16-17-55-90(8)20-19-57(91(9,36-100)54(90)18-21-92(55,10)93(44,11)29-56(95)106)136-86-78(141-84-76(126-13)67(115)63(111)52(135-84)34-125-12)74(70(118)75(140-86)80(121)122)139-81-68(116)61(109)47(104)32-128-81/h16,36,39-43,45-57,60-79,81-87,98-99,101-106,109-120,124H,14-15,17-35,37-38H2,1-13H3,(H,96,107)(H,97,108)(H,121,122)/t39-,40-,41+,42-,43-,45?,46-,47+,48+,49-,50?,51-,52?,53-,54+,55?,56?,57-,60-,61-,62?,63-,64?,65?,66?,67-,68?,69?,70-,71?,72-,73?,74-,75?,76?,77?,78?,79?,81-,82-,83+,84-,85-,86+,87-,90?,91+,92-,93+,94-,95+/m0/s1. The second kappa shape index (κ2) is 46.5. The predicted molar refractivity (Wildman–Crippen MR) is 478 cm³/mol. The van der Waals surface area contributed by atoms with Crippen molar-refractivity contribution < 1.29 is 222 Å². The molecule has 8 aliphatic heterocycles. The number of hydrogen-bond acceptors (Lipinski definition) is 44. The van der Waals surface area contributed by atoms with Crippen LogP contribution in [0.25, 0.3) is 0 Å². The van der Waals surface area contributed by atoms with Crippen LogP contribution in [0.1, 0.15) is 172 Å². The molecule has 47 nitrogen and oxygen atoms in total. The van der Waals surface area contributed by atoms with Gasteiger partial charge in [0.15, 0.2) is 43.8 Å². The second-order valence-corrected chi connectivity index (χ2v) is 43.7. The summed E-state index contributed by atoms with van der Waals surface area (Å²) in [7, 11) is 2.49. The molecule has 0 aromatic rings. The van der Waals surface area contributed by atoms with E-state index in [2.05, 4.69) is 37.5 Å². The van der Waals surface area contributed by atoms with Crippen LogP contribution in [0.5, 0.6) is 0 Å². The first kappa shape index (κ1) is 115. The molecule has 13 aliphatic rings. The van der Waals surface area contributed by atoms with Crippen molar-refractivity contribution in [2.75, 3.05) is 67.1 Å². The largest absolute Gasteiger partial charge is 0.479 e. The lowest BCUT2D eigenvalue weighted by atomic mass is 9.33. The molecular formula is C95H156N2O45. The Bertz CT molecular complexity index is 4190. The van der Waals surface area contributed by atoms with Gasteiger partial charge in [0.25, 0.3) is 0 Å².